The average Bonchev–Trinajstić information content (AvgIpc) is 2.17. The van der Waals surface area contributed by atoms with Crippen molar-refractivity contribution in [2.75, 3.05) is 13.1 Å². The Kier molecular flexibility index (Phi) is 4.14. The Bertz CT molecular complexity index is 228. The number of carbonyl (C=O) groups excluding carboxylic acids is 1. The third-order valence-corrected chi connectivity index (χ3v) is 3.48. The van der Waals surface area contributed by atoms with Crippen molar-refractivity contribution in [2.24, 2.45) is 11.1 Å². The van der Waals surface area contributed by atoms with E-state index in [1.54, 1.807) is 0 Å². The van der Waals surface area contributed by atoms with Gasteiger partial charge in [-0.3, -0.25) is 4.79 Å². The number of hydrogen-bond donors (Lipinski definition) is 1. The molecule has 0 spiro atoms. The van der Waals surface area contributed by atoms with Gasteiger partial charge in [0.1, 0.15) is 0 Å². The number of likely N-dealkylation sites (tertiary alicyclic amines) is 1. The lowest BCUT2D eigenvalue weighted by Crippen LogP contribution is -2.45. The van der Waals surface area contributed by atoms with E-state index in [1.165, 1.54) is 6.42 Å². The van der Waals surface area contributed by atoms with Crippen LogP contribution in [0.2, 0.25) is 0 Å². The molecule has 2 N–H and O–H groups in total. The van der Waals surface area contributed by atoms with Gasteiger partial charge in [-0.1, -0.05) is 13.8 Å². The Morgan fingerprint density at radius 2 is 2.27 bits per heavy atom. The fourth-order valence-electron chi connectivity index (χ4n) is 2.22. The first-order valence-electron chi connectivity index (χ1n) is 6.00. The number of hydrogen-bond acceptors (Lipinski definition) is 2. The number of piperidine rings is 1. The van der Waals surface area contributed by atoms with Crippen LogP contribution in [0.15, 0.2) is 0 Å². The molecule has 1 heterocycles. The first kappa shape index (κ1) is 12.5. The molecule has 3 nitrogen and oxygen atoms in total. The molecule has 3 heteroatoms. The molecule has 1 saturated heterocycles. The predicted molar refractivity (Wildman–Crippen MR) is 62.5 cm³/mol. The van der Waals surface area contributed by atoms with E-state index in [0.29, 0.717) is 11.8 Å². The minimum absolute atomic E-state index is 0.0210. The summed E-state index contributed by atoms with van der Waals surface area (Å²) < 4.78 is 0. The second kappa shape index (κ2) is 4.97. The third kappa shape index (κ3) is 3.49. The maximum Gasteiger partial charge on any atom is 0.224 e. The van der Waals surface area contributed by atoms with E-state index < -0.39 is 0 Å². The van der Waals surface area contributed by atoms with Crippen LogP contribution in [0.25, 0.3) is 0 Å². The number of nitrogens with two attached hydrogens (primary N) is 1. The summed E-state index contributed by atoms with van der Waals surface area (Å²) >= 11 is 0. The molecule has 1 amide bonds. The highest BCUT2D eigenvalue weighted by atomic mass is 16.2. The number of rotatable bonds is 3. The topological polar surface area (TPSA) is 46.3 Å². The van der Waals surface area contributed by atoms with Crippen LogP contribution < -0.4 is 5.73 Å². The van der Waals surface area contributed by atoms with E-state index >= 15 is 0 Å². The van der Waals surface area contributed by atoms with Gasteiger partial charge < -0.3 is 10.6 Å². The smallest absolute Gasteiger partial charge is 0.224 e. The molecule has 2 atom stereocenters. The van der Waals surface area contributed by atoms with E-state index in [1.807, 2.05) is 11.8 Å². The molecule has 0 aromatic rings. The molecule has 1 fully saturated rings. The zero-order valence-corrected chi connectivity index (χ0v) is 10.3. The predicted octanol–water partition coefficient (Wildman–Crippen LogP) is 1.76. The van der Waals surface area contributed by atoms with Crippen LogP contribution >= 0.6 is 0 Å². The highest BCUT2D eigenvalue weighted by Gasteiger charge is 2.31. The third-order valence-electron chi connectivity index (χ3n) is 3.48. The van der Waals surface area contributed by atoms with Crippen molar-refractivity contribution in [3.05, 3.63) is 0 Å². The van der Waals surface area contributed by atoms with Gasteiger partial charge in [-0.2, -0.15) is 0 Å². The Balaban J connectivity index is 2.52. The van der Waals surface area contributed by atoms with Crippen LogP contribution in [0.3, 0.4) is 0 Å². The van der Waals surface area contributed by atoms with Crippen molar-refractivity contribution in [1.29, 1.82) is 0 Å². The molecule has 1 aliphatic rings. The van der Waals surface area contributed by atoms with E-state index in [4.69, 9.17) is 5.73 Å². The van der Waals surface area contributed by atoms with Crippen molar-refractivity contribution < 1.29 is 4.79 Å². The summed E-state index contributed by atoms with van der Waals surface area (Å²) in [6.07, 6.45) is 4.01. The number of nitrogens with zero attached hydrogens (tertiary/aromatic N) is 1. The monoisotopic (exact) mass is 212 g/mol. The Labute approximate surface area is 93.0 Å². The average molecular weight is 212 g/mol. The van der Waals surface area contributed by atoms with Gasteiger partial charge in [-0.15, -0.1) is 0 Å². The lowest BCUT2D eigenvalue weighted by molar-refractivity contribution is -0.134. The summed E-state index contributed by atoms with van der Waals surface area (Å²) in [5.41, 5.74) is 5.98. The zero-order valence-electron chi connectivity index (χ0n) is 10.3. The molecular formula is C12H24N2O. The van der Waals surface area contributed by atoms with Crippen LogP contribution in [0.5, 0.6) is 0 Å². The van der Waals surface area contributed by atoms with Gasteiger partial charge in [0, 0.05) is 25.6 Å². The van der Waals surface area contributed by atoms with Crippen molar-refractivity contribution in [3.8, 4) is 0 Å². The quantitative estimate of drug-likeness (QED) is 0.775. The summed E-state index contributed by atoms with van der Waals surface area (Å²) in [6.45, 7) is 8.20. The Hall–Kier alpha value is -0.570. The molecule has 0 radical (unpaired) electrons. The molecule has 2 unspecified atom stereocenters. The molecule has 0 aliphatic carbocycles. The normalized spacial score (nSPS) is 28.9. The second-order valence-corrected chi connectivity index (χ2v) is 5.26. The fourth-order valence-corrected chi connectivity index (χ4v) is 2.22. The molecule has 0 saturated carbocycles. The maximum atomic E-state index is 11.9. The van der Waals surface area contributed by atoms with E-state index in [2.05, 4.69) is 13.8 Å². The van der Waals surface area contributed by atoms with Crippen LogP contribution in [0.4, 0.5) is 0 Å². The molecule has 0 bridgehead atoms. The summed E-state index contributed by atoms with van der Waals surface area (Å²) in [5, 5.41) is 0. The van der Waals surface area contributed by atoms with Gasteiger partial charge >= 0.3 is 0 Å². The fraction of sp³-hybridized carbons (Fsp3) is 0.917. The van der Waals surface area contributed by atoms with E-state index in [-0.39, 0.29) is 11.9 Å². The molecule has 88 valence electrons. The maximum absolute atomic E-state index is 11.9. The van der Waals surface area contributed by atoms with Gasteiger partial charge in [-0.05, 0) is 31.6 Å². The van der Waals surface area contributed by atoms with Crippen molar-refractivity contribution >= 4 is 5.91 Å². The highest BCUT2D eigenvalue weighted by Crippen LogP contribution is 2.32. The number of amides is 1. The number of carbonyl (C=O) groups is 1. The summed E-state index contributed by atoms with van der Waals surface area (Å²) in [6, 6.07) is -0.0210. The molecule has 1 aliphatic heterocycles. The Morgan fingerprint density at radius 3 is 2.80 bits per heavy atom. The summed E-state index contributed by atoms with van der Waals surface area (Å²) in [5.74, 6) is 0.226. The summed E-state index contributed by atoms with van der Waals surface area (Å²) in [4.78, 5) is 13.9. The molecule has 1 rings (SSSR count). The van der Waals surface area contributed by atoms with Gasteiger partial charge in [-0.25, -0.2) is 0 Å². The van der Waals surface area contributed by atoms with E-state index in [9.17, 15) is 4.79 Å². The van der Waals surface area contributed by atoms with Crippen molar-refractivity contribution in [3.63, 3.8) is 0 Å². The lowest BCUT2D eigenvalue weighted by atomic mass is 9.79. The minimum Gasteiger partial charge on any atom is -0.342 e. The van der Waals surface area contributed by atoms with Crippen molar-refractivity contribution in [1.82, 2.24) is 4.90 Å². The molecular weight excluding hydrogens is 188 g/mol. The van der Waals surface area contributed by atoms with Crippen molar-refractivity contribution in [2.45, 2.75) is 52.5 Å². The van der Waals surface area contributed by atoms with Gasteiger partial charge in [0.2, 0.25) is 5.91 Å². The second-order valence-electron chi connectivity index (χ2n) is 5.26. The molecule has 15 heavy (non-hydrogen) atoms. The van der Waals surface area contributed by atoms with E-state index in [0.717, 1.165) is 25.9 Å². The standard InChI is InChI=1S/C12H24N2O/c1-4-12(3)6-5-7-14(9-12)11(15)8-10(2)13/h10H,4-9,13H2,1-3H3. The largest absolute Gasteiger partial charge is 0.342 e. The van der Waals surface area contributed by atoms with Gasteiger partial charge in [0.15, 0.2) is 0 Å². The van der Waals surface area contributed by atoms with Gasteiger partial charge in [0.25, 0.3) is 0 Å². The van der Waals surface area contributed by atoms with Crippen LogP contribution in [-0.4, -0.2) is 29.9 Å². The SMILES string of the molecule is CCC1(C)CCCN(C(=O)CC(C)N)C1. The van der Waals surface area contributed by atoms with Crippen LogP contribution in [-0.2, 0) is 4.79 Å². The zero-order chi connectivity index (χ0) is 11.5. The molecule has 0 aromatic heterocycles. The first-order chi connectivity index (χ1) is 6.97. The summed E-state index contributed by atoms with van der Waals surface area (Å²) in [7, 11) is 0. The lowest BCUT2D eigenvalue weighted by Gasteiger charge is -2.40. The highest BCUT2D eigenvalue weighted by molar-refractivity contribution is 5.76. The first-order valence-corrected chi connectivity index (χ1v) is 6.00. The van der Waals surface area contributed by atoms with Gasteiger partial charge in [0.05, 0.1) is 0 Å². The minimum atomic E-state index is -0.0210. The van der Waals surface area contributed by atoms with Crippen LogP contribution in [0.1, 0.15) is 46.5 Å². The molecule has 0 aromatic carbocycles. The Morgan fingerprint density at radius 1 is 1.60 bits per heavy atom. The van der Waals surface area contributed by atoms with Crippen LogP contribution in [0, 0.1) is 5.41 Å².